The van der Waals surface area contributed by atoms with E-state index in [9.17, 15) is 4.79 Å². The second kappa shape index (κ2) is 7.12. The first kappa shape index (κ1) is 16.6. The normalized spacial score (nSPS) is 21.0. The number of nitrogens with one attached hydrogen (secondary N) is 1. The molecule has 1 aliphatic heterocycles. The summed E-state index contributed by atoms with van der Waals surface area (Å²) in [7, 11) is 1.89. The van der Waals surface area contributed by atoms with Crippen LogP contribution in [0.4, 0.5) is 0 Å². The number of aryl methyl sites for hydroxylation is 3. The highest BCUT2D eigenvalue weighted by atomic mass is 16.5. The number of carbonyl (C=O) groups is 1. The van der Waals surface area contributed by atoms with Gasteiger partial charge in [0.1, 0.15) is 0 Å². The van der Waals surface area contributed by atoms with Crippen LogP contribution in [0.5, 0.6) is 0 Å². The third-order valence-electron chi connectivity index (χ3n) is 4.34. The fourth-order valence-corrected chi connectivity index (χ4v) is 3.10. The summed E-state index contributed by atoms with van der Waals surface area (Å²) >= 11 is 0. The van der Waals surface area contributed by atoms with E-state index < -0.39 is 0 Å². The highest BCUT2D eigenvalue weighted by molar-refractivity contribution is 5.93. The maximum Gasteiger partial charge on any atom is 0.273 e. The molecule has 0 aliphatic carbocycles. The van der Waals surface area contributed by atoms with Gasteiger partial charge in [-0.1, -0.05) is 0 Å². The monoisotopic (exact) mass is 332 g/mol. The topological polar surface area (TPSA) is 86.9 Å². The van der Waals surface area contributed by atoms with E-state index in [2.05, 4.69) is 20.6 Å². The molecule has 2 aromatic rings. The summed E-state index contributed by atoms with van der Waals surface area (Å²) in [5, 5.41) is 15.7. The maximum absolute atomic E-state index is 12.4. The van der Waals surface area contributed by atoms with E-state index in [4.69, 9.17) is 4.74 Å². The van der Waals surface area contributed by atoms with Gasteiger partial charge in [-0.3, -0.25) is 9.48 Å². The number of hydrogen-bond acceptors (Lipinski definition) is 5. The van der Waals surface area contributed by atoms with Crippen LogP contribution in [-0.4, -0.2) is 43.8 Å². The molecule has 2 aromatic heterocycles. The molecule has 3 heterocycles. The SMILES string of the molecule is CCn1nc(C)c(C(=O)NC[C@@H]2CCCO[C@H]2c2cnn(C)c2)n1. The van der Waals surface area contributed by atoms with Gasteiger partial charge in [0.2, 0.25) is 0 Å². The predicted octanol–water partition coefficient (Wildman–Crippen LogP) is 1.24. The van der Waals surface area contributed by atoms with Gasteiger partial charge in [-0.15, -0.1) is 5.10 Å². The molecule has 0 saturated carbocycles. The molecule has 3 rings (SSSR count). The van der Waals surface area contributed by atoms with Crippen molar-refractivity contribution < 1.29 is 9.53 Å². The number of nitrogens with zero attached hydrogens (tertiary/aromatic N) is 5. The number of rotatable bonds is 5. The van der Waals surface area contributed by atoms with Gasteiger partial charge in [-0.05, 0) is 26.7 Å². The molecule has 8 nitrogen and oxygen atoms in total. The summed E-state index contributed by atoms with van der Waals surface area (Å²) in [6.45, 7) is 5.69. The van der Waals surface area contributed by atoms with Crippen LogP contribution >= 0.6 is 0 Å². The van der Waals surface area contributed by atoms with Gasteiger partial charge >= 0.3 is 0 Å². The molecule has 0 aromatic carbocycles. The van der Waals surface area contributed by atoms with E-state index >= 15 is 0 Å². The Morgan fingerprint density at radius 2 is 2.29 bits per heavy atom. The van der Waals surface area contributed by atoms with Crippen molar-refractivity contribution in [2.45, 2.75) is 39.3 Å². The molecule has 24 heavy (non-hydrogen) atoms. The fraction of sp³-hybridized carbons (Fsp3) is 0.625. The lowest BCUT2D eigenvalue weighted by molar-refractivity contribution is -0.0273. The number of ether oxygens (including phenoxy) is 1. The molecular weight excluding hydrogens is 308 g/mol. The van der Waals surface area contributed by atoms with Crippen LogP contribution in [-0.2, 0) is 18.3 Å². The summed E-state index contributed by atoms with van der Waals surface area (Å²) in [6.07, 6.45) is 5.80. The molecule has 0 radical (unpaired) electrons. The third-order valence-corrected chi connectivity index (χ3v) is 4.34. The first-order valence-corrected chi connectivity index (χ1v) is 8.38. The Morgan fingerprint density at radius 3 is 2.96 bits per heavy atom. The quantitative estimate of drug-likeness (QED) is 0.890. The number of carbonyl (C=O) groups excluding carboxylic acids is 1. The average Bonchev–Trinajstić information content (AvgIpc) is 3.18. The third kappa shape index (κ3) is 3.48. The van der Waals surface area contributed by atoms with Crippen molar-refractivity contribution in [3.63, 3.8) is 0 Å². The Labute approximate surface area is 141 Å². The van der Waals surface area contributed by atoms with Crippen LogP contribution in [0.1, 0.15) is 47.6 Å². The molecule has 2 atom stereocenters. The zero-order valence-electron chi connectivity index (χ0n) is 14.4. The molecule has 1 aliphatic rings. The summed E-state index contributed by atoms with van der Waals surface area (Å²) in [5.41, 5.74) is 2.11. The van der Waals surface area contributed by atoms with Crippen LogP contribution in [0, 0.1) is 12.8 Å². The minimum atomic E-state index is -0.178. The van der Waals surface area contributed by atoms with Gasteiger partial charge in [-0.25, -0.2) is 0 Å². The van der Waals surface area contributed by atoms with Gasteiger partial charge in [-0.2, -0.15) is 15.0 Å². The summed E-state index contributed by atoms with van der Waals surface area (Å²) in [4.78, 5) is 13.9. The Bertz CT molecular complexity index is 707. The van der Waals surface area contributed by atoms with E-state index in [1.54, 1.807) is 11.6 Å². The van der Waals surface area contributed by atoms with E-state index in [1.165, 1.54) is 4.80 Å². The lowest BCUT2D eigenvalue weighted by Crippen LogP contribution is -2.35. The molecule has 1 saturated heterocycles. The maximum atomic E-state index is 12.4. The van der Waals surface area contributed by atoms with E-state index in [-0.39, 0.29) is 17.9 Å². The molecule has 1 fully saturated rings. The lowest BCUT2D eigenvalue weighted by Gasteiger charge is -2.31. The Balaban J connectivity index is 1.65. The molecule has 0 bridgehead atoms. The van der Waals surface area contributed by atoms with Crippen LogP contribution in [0.3, 0.4) is 0 Å². The van der Waals surface area contributed by atoms with Gasteiger partial charge in [0.15, 0.2) is 5.69 Å². The minimum Gasteiger partial charge on any atom is -0.373 e. The minimum absolute atomic E-state index is 0.0276. The molecule has 0 spiro atoms. The van der Waals surface area contributed by atoms with Crippen molar-refractivity contribution in [3.8, 4) is 0 Å². The summed E-state index contributed by atoms with van der Waals surface area (Å²) in [6, 6.07) is 0. The van der Waals surface area contributed by atoms with Gasteiger partial charge in [0, 0.05) is 37.9 Å². The standard InChI is InChI=1S/C16H24N6O2/c1-4-22-19-11(2)14(20-22)16(23)17-8-12-6-5-7-24-15(12)13-9-18-21(3)10-13/h9-10,12,15H,4-8H2,1-3H3,(H,17,23)/t12-,15+/m0/s1. The first-order chi connectivity index (χ1) is 11.6. The number of aromatic nitrogens is 5. The highest BCUT2D eigenvalue weighted by Crippen LogP contribution is 2.32. The second-order valence-electron chi connectivity index (χ2n) is 6.17. The Hall–Kier alpha value is -2.22. The van der Waals surface area contributed by atoms with Gasteiger partial charge in [0.05, 0.1) is 24.5 Å². The van der Waals surface area contributed by atoms with Crippen LogP contribution in [0.2, 0.25) is 0 Å². The van der Waals surface area contributed by atoms with Crippen LogP contribution in [0.25, 0.3) is 0 Å². The second-order valence-corrected chi connectivity index (χ2v) is 6.17. The molecular formula is C16H24N6O2. The molecule has 1 N–H and O–H groups in total. The molecule has 130 valence electrons. The Morgan fingerprint density at radius 1 is 1.46 bits per heavy atom. The van der Waals surface area contributed by atoms with E-state index in [0.29, 0.717) is 24.5 Å². The number of hydrogen-bond donors (Lipinski definition) is 1. The fourth-order valence-electron chi connectivity index (χ4n) is 3.10. The number of amides is 1. The molecule has 1 amide bonds. The van der Waals surface area contributed by atoms with E-state index in [1.807, 2.05) is 26.4 Å². The zero-order chi connectivity index (χ0) is 17.1. The van der Waals surface area contributed by atoms with Crippen molar-refractivity contribution in [3.05, 3.63) is 29.3 Å². The first-order valence-electron chi connectivity index (χ1n) is 8.38. The van der Waals surface area contributed by atoms with E-state index in [0.717, 1.165) is 25.0 Å². The summed E-state index contributed by atoms with van der Waals surface area (Å²) < 4.78 is 7.71. The van der Waals surface area contributed by atoms with Crippen LogP contribution in [0.15, 0.2) is 12.4 Å². The average molecular weight is 332 g/mol. The summed E-state index contributed by atoms with van der Waals surface area (Å²) in [5.74, 6) is 0.0520. The largest absolute Gasteiger partial charge is 0.373 e. The smallest absolute Gasteiger partial charge is 0.273 e. The molecule has 8 heteroatoms. The van der Waals surface area contributed by atoms with Gasteiger partial charge < -0.3 is 10.1 Å². The van der Waals surface area contributed by atoms with Crippen molar-refractivity contribution >= 4 is 5.91 Å². The lowest BCUT2D eigenvalue weighted by atomic mass is 9.91. The zero-order valence-corrected chi connectivity index (χ0v) is 14.4. The van der Waals surface area contributed by atoms with Gasteiger partial charge in [0.25, 0.3) is 5.91 Å². The Kier molecular flexibility index (Phi) is 4.94. The molecule has 0 unspecified atom stereocenters. The van der Waals surface area contributed by atoms with Crippen LogP contribution < -0.4 is 5.32 Å². The van der Waals surface area contributed by atoms with Crippen molar-refractivity contribution in [2.24, 2.45) is 13.0 Å². The predicted molar refractivity (Wildman–Crippen MR) is 87.4 cm³/mol. The van der Waals surface area contributed by atoms with Crippen molar-refractivity contribution in [1.82, 2.24) is 30.1 Å². The van der Waals surface area contributed by atoms with Crippen molar-refractivity contribution in [1.29, 1.82) is 0 Å². The van der Waals surface area contributed by atoms with Crippen molar-refractivity contribution in [2.75, 3.05) is 13.2 Å². The highest BCUT2D eigenvalue weighted by Gasteiger charge is 2.29.